The van der Waals surface area contributed by atoms with Gasteiger partial charge in [0.25, 0.3) is 5.91 Å². The van der Waals surface area contributed by atoms with Crippen molar-refractivity contribution in [3.8, 4) is 0 Å². The van der Waals surface area contributed by atoms with Crippen LogP contribution in [0.1, 0.15) is 23.3 Å². The third-order valence-corrected chi connectivity index (χ3v) is 2.15. The van der Waals surface area contributed by atoms with Crippen molar-refractivity contribution in [3.05, 3.63) is 18.2 Å². The molecule has 0 aliphatic carbocycles. The molecule has 6 heteroatoms. The summed E-state index contributed by atoms with van der Waals surface area (Å²) in [6.07, 6.45) is 3.71. The number of imidazole rings is 1. The summed E-state index contributed by atoms with van der Waals surface area (Å²) in [5.41, 5.74) is 0.375. The number of carboxylic acids is 1. The van der Waals surface area contributed by atoms with Gasteiger partial charge in [-0.05, 0) is 6.42 Å². The van der Waals surface area contributed by atoms with Gasteiger partial charge in [-0.25, -0.2) is 4.98 Å². The van der Waals surface area contributed by atoms with E-state index >= 15 is 0 Å². The maximum Gasteiger partial charge on any atom is 0.303 e. The fourth-order valence-electron chi connectivity index (χ4n) is 1.29. The maximum atomic E-state index is 11.7. The van der Waals surface area contributed by atoms with E-state index in [4.69, 9.17) is 5.11 Å². The fraction of sp³-hybridized carbons (Fsp3) is 0.500. The Hall–Kier alpha value is -1.85. The van der Waals surface area contributed by atoms with Crippen LogP contribution in [-0.4, -0.2) is 45.0 Å². The number of nitrogens with zero attached hydrogens (tertiary/aromatic N) is 3. The zero-order valence-corrected chi connectivity index (χ0v) is 9.38. The molecule has 1 amide bonds. The second-order valence-electron chi connectivity index (χ2n) is 3.65. The molecule has 16 heavy (non-hydrogen) atoms. The van der Waals surface area contributed by atoms with Gasteiger partial charge in [-0.15, -0.1) is 0 Å². The molecular formula is C10H15N3O3. The highest BCUT2D eigenvalue weighted by Crippen LogP contribution is 2.01. The van der Waals surface area contributed by atoms with Crippen molar-refractivity contribution in [1.29, 1.82) is 0 Å². The Morgan fingerprint density at radius 3 is 2.75 bits per heavy atom. The SMILES string of the molecule is CN(CCCC(=O)O)C(=O)c1cn(C)cn1. The van der Waals surface area contributed by atoms with Crippen LogP contribution in [0.3, 0.4) is 0 Å². The second-order valence-corrected chi connectivity index (χ2v) is 3.65. The number of hydrogen-bond donors (Lipinski definition) is 1. The number of hydrogen-bond acceptors (Lipinski definition) is 3. The van der Waals surface area contributed by atoms with E-state index < -0.39 is 5.97 Å². The van der Waals surface area contributed by atoms with E-state index in [1.807, 2.05) is 0 Å². The van der Waals surface area contributed by atoms with Gasteiger partial charge in [0.15, 0.2) is 0 Å². The van der Waals surface area contributed by atoms with Crippen LogP contribution in [0.15, 0.2) is 12.5 Å². The van der Waals surface area contributed by atoms with Crippen molar-refractivity contribution in [3.63, 3.8) is 0 Å². The molecular weight excluding hydrogens is 210 g/mol. The van der Waals surface area contributed by atoms with Crippen LogP contribution < -0.4 is 0 Å². The number of amides is 1. The first-order chi connectivity index (χ1) is 7.50. The van der Waals surface area contributed by atoms with Crippen LogP contribution in [0, 0.1) is 0 Å². The lowest BCUT2D eigenvalue weighted by Gasteiger charge is -2.14. The van der Waals surface area contributed by atoms with E-state index in [2.05, 4.69) is 4.98 Å². The van der Waals surface area contributed by atoms with Gasteiger partial charge in [0.05, 0.1) is 6.33 Å². The third-order valence-electron chi connectivity index (χ3n) is 2.15. The largest absolute Gasteiger partial charge is 0.481 e. The molecule has 0 saturated carbocycles. The standard InChI is InChI=1S/C10H15N3O3/c1-12-6-8(11-7-12)10(16)13(2)5-3-4-9(14)15/h6-7H,3-5H2,1-2H3,(H,14,15). The van der Waals surface area contributed by atoms with E-state index in [-0.39, 0.29) is 12.3 Å². The molecule has 1 rings (SSSR count). The number of carboxylic acid groups (broad SMARTS) is 1. The molecule has 0 aliphatic rings. The van der Waals surface area contributed by atoms with Crippen molar-refractivity contribution >= 4 is 11.9 Å². The quantitative estimate of drug-likeness (QED) is 0.784. The number of carbonyl (C=O) groups is 2. The minimum absolute atomic E-state index is 0.0693. The third kappa shape index (κ3) is 3.38. The summed E-state index contributed by atoms with van der Waals surface area (Å²) < 4.78 is 1.69. The molecule has 0 unspecified atom stereocenters. The van der Waals surface area contributed by atoms with Crippen LogP contribution in [0.4, 0.5) is 0 Å². The summed E-state index contributed by atoms with van der Waals surface area (Å²) in [4.78, 5) is 27.5. The minimum Gasteiger partial charge on any atom is -0.481 e. The van der Waals surface area contributed by atoms with Crippen LogP contribution >= 0.6 is 0 Å². The minimum atomic E-state index is -0.848. The van der Waals surface area contributed by atoms with Crippen LogP contribution in [0.25, 0.3) is 0 Å². The van der Waals surface area contributed by atoms with E-state index in [1.165, 1.54) is 4.90 Å². The number of aromatic nitrogens is 2. The summed E-state index contributed by atoms with van der Waals surface area (Å²) >= 11 is 0. The van der Waals surface area contributed by atoms with E-state index in [0.29, 0.717) is 18.7 Å². The predicted molar refractivity (Wildman–Crippen MR) is 57.0 cm³/mol. The van der Waals surface area contributed by atoms with Crippen molar-refractivity contribution < 1.29 is 14.7 Å². The Morgan fingerprint density at radius 1 is 1.56 bits per heavy atom. The molecule has 0 aliphatic heterocycles. The fourth-order valence-corrected chi connectivity index (χ4v) is 1.29. The Kier molecular flexibility index (Phi) is 4.04. The zero-order valence-electron chi connectivity index (χ0n) is 9.38. The lowest BCUT2D eigenvalue weighted by atomic mass is 10.3. The summed E-state index contributed by atoms with van der Waals surface area (Å²) in [6, 6.07) is 0. The molecule has 0 atom stereocenters. The first-order valence-corrected chi connectivity index (χ1v) is 4.96. The predicted octanol–water partition coefficient (Wildman–Crippen LogP) is 0.357. The Labute approximate surface area is 93.5 Å². The van der Waals surface area contributed by atoms with E-state index in [9.17, 15) is 9.59 Å². The van der Waals surface area contributed by atoms with Gasteiger partial charge in [0.2, 0.25) is 0 Å². The summed E-state index contributed by atoms with van der Waals surface area (Å²) in [5.74, 6) is -1.04. The van der Waals surface area contributed by atoms with Crippen LogP contribution in [-0.2, 0) is 11.8 Å². The second kappa shape index (κ2) is 5.29. The lowest BCUT2D eigenvalue weighted by molar-refractivity contribution is -0.137. The molecule has 6 nitrogen and oxygen atoms in total. The molecule has 0 bridgehead atoms. The molecule has 0 spiro atoms. The molecule has 0 fully saturated rings. The Bertz CT molecular complexity index is 386. The average Bonchev–Trinajstić information content (AvgIpc) is 2.63. The maximum absolute atomic E-state index is 11.7. The van der Waals surface area contributed by atoms with Gasteiger partial charge < -0.3 is 14.6 Å². The van der Waals surface area contributed by atoms with Gasteiger partial charge in [-0.2, -0.15) is 0 Å². The van der Waals surface area contributed by atoms with Gasteiger partial charge in [0.1, 0.15) is 5.69 Å². The highest BCUT2D eigenvalue weighted by atomic mass is 16.4. The summed E-state index contributed by atoms with van der Waals surface area (Å²) in [6.45, 7) is 0.418. The Morgan fingerprint density at radius 2 is 2.25 bits per heavy atom. The average molecular weight is 225 g/mol. The number of aryl methyl sites for hydroxylation is 1. The first-order valence-electron chi connectivity index (χ1n) is 4.96. The van der Waals surface area contributed by atoms with E-state index in [1.54, 1.807) is 31.2 Å². The normalized spacial score (nSPS) is 10.1. The smallest absolute Gasteiger partial charge is 0.303 e. The zero-order chi connectivity index (χ0) is 12.1. The monoisotopic (exact) mass is 225 g/mol. The first kappa shape index (κ1) is 12.2. The molecule has 88 valence electrons. The number of carbonyl (C=O) groups excluding carboxylic acids is 1. The molecule has 1 N–H and O–H groups in total. The van der Waals surface area contributed by atoms with Crippen molar-refractivity contribution in [2.75, 3.05) is 13.6 Å². The van der Waals surface area contributed by atoms with Gasteiger partial charge in [-0.1, -0.05) is 0 Å². The summed E-state index contributed by atoms with van der Waals surface area (Å²) in [5, 5.41) is 8.47. The molecule has 1 aromatic heterocycles. The molecule has 0 saturated heterocycles. The highest BCUT2D eigenvalue weighted by molar-refractivity contribution is 5.91. The van der Waals surface area contributed by atoms with Crippen LogP contribution in [0.2, 0.25) is 0 Å². The van der Waals surface area contributed by atoms with Crippen LogP contribution in [0.5, 0.6) is 0 Å². The molecule has 0 aromatic carbocycles. The molecule has 1 heterocycles. The summed E-state index contributed by atoms with van der Waals surface area (Å²) in [7, 11) is 3.42. The van der Waals surface area contributed by atoms with Gasteiger partial charge in [-0.3, -0.25) is 9.59 Å². The lowest BCUT2D eigenvalue weighted by Crippen LogP contribution is -2.28. The van der Waals surface area contributed by atoms with Crippen molar-refractivity contribution in [1.82, 2.24) is 14.5 Å². The van der Waals surface area contributed by atoms with E-state index in [0.717, 1.165) is 0 Å². The molecule has 0 radical (unpaired) electrons. The van der Waals surface area contributed by atoms with Crippen molar-refractivity contribution in [2.24, 2.45) is 7.05 Å². The highest BCUT2D eigenvalue weighted by Gasteiger charge is 2.13. The van der Waals surface area contributed by atoms with Gasteiger partial charge >= 0.3 is 5.97 Å². The molecule has 1 aromatic rings. The van der Waals surface area contributed by atoms with Crippen molar-refractivity contribution in [2.45, 2.75) is 12.8 Å². The topological polar surface area (TPSA) is 75.4 Å². The van der Waals surface area contributed by atoms with Gasteiger partial charge in [0, 0.05) is 33.3 Å². The number of aliphatic carboxylic acids is 1. The number of rotatable bonds is 5. The Balaban J connectivity index is 2.45.